The number of halogens is 1. The van der Waals surface area contributed by atoms with Crippen molar-refractivity contribution >= 4 is 11.6 Å². The third-order valence-electron chi connectivity index (χ3n) is 2.67. The standard InChI is InChI=1S/C10H19Cl/c1-2-5-9-6-3-4-7-10(11)8-9/h9-10H,2-8H2,1H3/t9?,10-/m1/s1. The molecular formula is C10H19Cl. The van der Waals surface area contributed by atoms with Crippen LogP contribution in [-0.2, 0) is 0 Å². The van der Waals surface area contributed by atoms with Crippen LogP contribution in [0.1, 0.15) is 51.9 Å². The van der Waals surface area contributed by atoms with Crippen LogP contribution in [0.4, 0.5) is 0 Å². The van der Waals surface area contributed by atoms with Gasteiger partial charge < -0.3 is 0 Å². The van der Waals surface area contributed by atoms with Crippen molar-refractivity contribution in [3.8, 4) is 0 Å². The molecule has 1 rings (SSSR count). The summed E-state index contributed by atoms with van der Waals surface area (Å²) in [6.45, 7) is 2.27. The minimum Gasteiger partial charge on any atom is -0.123 e. The lowest BCUT2D eigenvalue weighted by molar-refractivity contribution is 0.426. The average Bonchev–Trinajstić information content (AvgIpc) is 2.15. The highest BCUT2D eigenvalue weighted by Gasteiger charge is 2.17. The topological polar surface area (TPSA) is 0 Å². The minimum absolute atomic E-state index is 0.481. The molecule has 1 aliphatic carbocycles. The van der Waals surface area contributed by atoms with Gasteiger partial charge >= 0.3 is 0 Å². The lowest BCUT2D eigenvalue weighted by Crippen LogP contribution is -2.04. The van der Waals surface area contributed by atoms with Gasteiger partial charge in [-0.05, 0) is 18.8 Å². The van der Waals surface area contributed by atoms with E-state index in [2.05, 4.69) is 6.92 Å². The van der Waals surface area contributed by atoms with Crippen molar-refractivity contribution in [1.82, 2.24) is 0 Å². The second-order valence-corrected chi connectivity index (χ2v) is 4.39. The highest BCUT2D eigenvalue weighted by Crippen LogP contribution is 2.29. The van der Waals surface area contributed by atoms with E-state index < -0.39 is 0 Å². The van der Waals surface area contributed by atoms with Crippen molar-refractivity contribution in [3.63, 3.8) is 0 Å². The Bertz CT molecular complexity index is 101. The molecule has 0 aliphatic heterocycles. The molecule has 1 fully saturated rings. The lowest BCUT2D eigenvalue weighted by atomic mass is 9.95. The van der Waals surface area contributed by atoms with Gasteiger partial charge in [-0.15, -0.1) is 11.6 Å². The van der Waals surface area contributed by atoms with Gasteiger partial charge in [0.1, 0.15) is 0 Å². The Morgan fingerprint density at radius 3 is 2.73 bits per heavy atom. The SMILES string of the molecule is CCCC1CCCC[C@@H](Cl)C1. The zero-order valence-electron chi connectivity index (χ0n) is 7.48. The van der Waals surface area contributed by atoms with E-state index in [1.807, 2.05) is 0 Å². The van der Waals surface area contributed by atoms with Crippen LogP contribution in [0.3, 0.4) is 0 Å². The lowest BCUT2D eigenvalue weighted by Gasteiger charge is -2.14. The molecule has 0 aromatic carbocycles. The van der Waals surface area contributed by atoms with Gasteiger partial charge in [-0.1, -0.05) is 39.0 Å². The van der Waals surface area contributed by atoms with Crippen molar-refractivity contribution in [1.29, 1.82) is 0 Å². The van der Waals surface area contributed by atoms with Crippen LogP contribution in [0.5, 0.6) is 0 Å². The van der Waals surface area contributed by atoms with Crippen molar-refractivity contribution in [2.75, 3.05) is 0 Å². The van der Waals surface area contributed by atoms with E-state index >= 15 is 0 Å². The number of hydrogen-bond acceptors (Lipinski definition) is 0. The number of hydrogen-bond donors (Lipinski definition) is 0. The minimum atomic E-state index is 0.481. The predicted molar refractivity (Wildman–Crippen MR) is 51.1 cm³/mol. The third-order valence-corrected chi connectivity index (χ3v) is 3.06. The molecule has 1 unspecified atom stereocenters. The second-order valence-electron chi connectivity index (χ2n) is 3.77. The summed E-state index contributed by atoms with van der Waals surface area (Å²) in [5, 5.41) is 0.481. The summed E-state index contributed by atoms with van der Waals surface area (Å²) in [6, 6.07) is 0. The summed E-state index contributed by atoms with van der Waals surface area (Å²) in [5.74, 6) is 0.935. The van der Waals surface area contributed by atoms with Gasteiger partial charge in [0.2, 0.25) is 0 Å². The van der Waals surface area contributed by atoms with E-state index in [-0.39, 0.29) is 0 Å². The smallest absolute Gasteiger partial charge is 0.0338 e. The summed E-state index contributed by atoms with van der Waals surface area (Å²) in [5.41, 5.74) is 0. The van der Waals surface area contributed by atoms with Crippen LogP contribution in [0, 0.1) is 5.92 Å². The average molecular weight is 175 g/mol. The van der Waals surface area contributed by atoms with Crippen molar-refractivity contribution < 1.29 is 0 Å². The monoisotopic (exact) mass is 174 g/mol. The van der Waals surface area contributed by atoms with Crippen LogP contribution in [0.25, 0.3) is 0 Å². The maximum Gasteiger partial charge on any atom is 0.0338 e. The summed E-state index contributed by atoms with van der Waals surface area (Å²) in [7, 11) is 0. The molecule has 11 heavy (non-hydrogen) atoms. The first-order valence-electron chi connectivity index (χ1n) is 4.97. The molecule has 2 atom stereocenters. The molecule has 0 nitrogen and oxygen atoms in total. The molecule has 1 saturated carbocycles. The fourth-order valence-electron chi connectivity index (χ4n) is 2.07. The molecule has 0 radical (unpaired) electrons. The molecule has 0 amide bonds. The third kappa shape index (κ3) is 3.46. The normalized spacial score (nSPS) is 33.3. The first kappa shape index (κ1) is 9.38. The zero-order valence-corrected chi connectivity index (χ0v) is 8.24. The van der Waals surface area contributed by atoms with Crippen molar-refractivity contribution in [3.05, 3.63) is 0 Å². The first-order chi connectivity index (χ1) is 5.33. The van der Waals surface area contributed by atoms with Crippen LogP contribution < -0.4 is 0 Å². The van der Waals surface area contributed by atoms with E-state index in [0.717, 1.165) is 5.92 Å². The number of alkyl halides is 1. The van der Waals surface area contributed by atoms with Gasteiger partial charge in [0, 0.05) is 5.38 Å². The molecule has 0 aromatic heterocycles. The second kappa shape index (κ2) is 5.03. The summed E-state index contributed by atoms with van der Waals surface area (Å²) in [4.78, 5) is 0. The van der Waals surface area contributed by atoms with E-state index in [4.69, 9.17) is 11.6 Å². The maximum absolute atomic E-state index is 6.15. The van der Waals surface area contributed by atoms with Gasteiger partial charge in [-0.3, -0.25) is 0 Å². The van der Waals surface area contributed by atoms with Crippen LogP contribution >= 0.6 is 11.6 Å². The molecule has 0 N–H and O–H groups in total. The van der Waals surface area contributed by atoms with Crippen LogP contribution in [0.2, 0.25) is 0 Å². The molecule has 0 spiro atoms. The molecule has 1 heteroatoms. The summed E-state index contributed by atoms with van der Waals surface area (Å²) < 4.78 is 0. The Hall–Kier alpha value is 0.290. The Morgan fingerprint density at radius 2 is 2.00 bits per heavy atom. The fourth-order valence-corrected chi connectivity index (χ4v) is 2.47. The van der Waals surface area contributed by atoms with Gasteiger partial charge in [-0.25, -0.2) is 0 Å². The van der Waals surface area contributed by atoms with E-state index in [1.54, 1.807) is 0 Å². The van der Waals surface area contributed by atoms with Gasteiger partial charge in [0.05, 0.1) is 0 Å². The fraction of sp³-hybridized carbons (Fsp3) is 1.00. The van der Waals surface area contributed by atoms with E-state index in [9.17, 15) is 0 Å². The Morgan fingerprint density at radius 1 is 1.27 bits per heavy atom. The molecule has 0 heterocycles. The van der Waals surface area contributed by atoms with E-state index in [1.165, 1.54) is 44.9 Å². The largest absolute Gasteiger partial charge is 0.123 e. The molecule has 0 aromatic rings. The maximum atomic E-state index is 6.15. The number of rotatable bonds is 2. The zero-order chi connectivity index (χ0) is 8.10. The van der Waals surface area contributed by atoms with Gasteiger partial charge in [-0.2, -0.15) is 0 Å². The van der Waals surface area contributed by atoms with E-state index in [0.29, 0.717) is 5.38 Å². The highest BCUT2D eigenvalue weighted by atomic mass is 35.5. The summed E-state index contributed by atoms with van der Waals surface area (Å²) in [6.07, 6.45) is 9.44. The Kier molecular flexibility index (Phi) is 4.29. The molecule has 66 valence electrons. The summed E-state index contributed by atoms with van der Waals surface area (Å²) >= 11 is 6.15. The van der Waals surface area contributed by atoms with Crippen LogP contribution in [-0.4, -0.2) is 5.38 Å². The Balaban J connectivity index is 2.27. The van der Waals surface area contributed by atoms with Gasteiger partial charge in [0.15, 0.2) is 0 Å². The first-order valence-corrected chi connectivity index (χ1v) is 5.40. The predicted octanol–water partition coefficient (Wildman–Crippen LogP) is 3.97. The van der Waals surface area contributed by atoms with Crippen molar-refractivity contribution in [2.45, 2.75) is 57.2 Å². The molecule has 0 bridgehead atoms. The quantitative estimate of drug-likeness (QED) is 0.439. The Labute approximate surface area is 75.3 Å². The highest BCUT2D eigenvalue weighted by molar-refractivity contribution is 6.20. The molecule has 0 saturated heterocycles. The molecular weight excluding hydrogens is 156 g/mol. The van der Waals surface area contributed by atoms with Gasteiger partial charge in [0.25, 0.3) is 0 Å². The molecule has 1 aliphatic rings. The van der Waals surface area contributed by atoms with Crippen LogP contribution in [0.15, 0.2) is 0 Å². The van der Waals surface area contributed by atoms with Crippen molar-refractivity contribution in [2.24, 2.45) is 5.92 Å².